The van der Waals surface area contributed by atoms with Crippen LogP contribution in [-0.2, 0) is 11.2 Å². The first-order chi connectivity index (χ1) is 10.1. The molecular weight excluding hydrogens is 264 g/mol. The molecule has 21 heavy (non-hydrogen) atoms. The van der Waals surface area contributed by atoms with Crippen LogP contribution < -0.4 is 15.0 Å². The highest BCUT2D eigenvalue weighted by atomic mass is 16.4. The Balaban J connectivity index is 2.38. The minimum absolute atomic E-state index is 0.125. The average molecular weight is 280 g/mol. The van der Waals surface area contributed by atoms with Crippen molar-refractivity contribution in [3.63, 3.8) is 0 Å². The van der Waals surface area contributed by atoms with Crippen LogP contribution in [0.5, 0.6) is 0 Å². The van der Waals surface area contributed by atoms with Gasteiger partial charge < -0.3 is 14.8 Å². The maximum absolute atomic E-state index is 10.9. The smallest absolute Gasteiger partial charge is 0.221 e. The predicted octanol–water partition coefficient (Wildman–Crippen LogP) is 1.17. The lowest BCUT2D eigenvalue weighted by molar-refractivity contribution is -0.360. The second-order valence-corrected chi connectivity index (χ2v) is 5.33. The highest BCUT2D eigenvalue weighted by Crippen LogP contribution is 2.29. The predicted molar refractivity (Wildman–Crippen MR) is 81.0 cm³/mol. The van der Waals surface area contributed by atoms with E-state index in [9.17, 15) is 9.90 Å². The zero-order chi connectivity index (χ0) is 15.0. The fourth-order valence-electron chi connectivity index (χ4n) is 2.68. The Morgan fingerprint density at radius 1 is 1.14 bits per heavy atom. The molecule has 0 unspecified atom stereocenters. The van der Waals surface area contributed by atoms with Gasteiger partial charge in [-0.3, -0.25) is 0 Å². The number of carbonyl (C=O) groups is 1. The standard InChI is InChI=1S/C17H16N2O2/c1-19(2)15-9-12(10-16(20)21)18-17-13-6-4-3-5-11(13)7-8-14(15)17/h3-9H,10H2,1-2H3,(H,20,21). The third-order valence-electron chi connectivity index (χ3n) is 3.62. The largest absolute Gasteiger partial charge is 0.550 e. The molecule has 4 nitrogen and oxygen atoms in total. The Hall–Kier alpha value is -2.62. The topological polar surface area (TPSA) is 57.5 Å². The molecule has 0 saturated heterocycles. The van der Waals surface area contributed by atoms with E-state index in [4.69, 9.17) is 0 Å². The lowest BCUT2D eigenvalue weighted by atomic mass is 10.0. The van der Waals surface area contributed by atoms with Gasteiger partial charge in [-0.1, -0.05) is 24.3 Å². The Labute approximate surface area is 122 Å². The van der Waals surface area contributed by atoms with Crippen molar-refractivity contribution in [3.8, 4) is 0 Å². The SMILES string of the molecule is CN(C)c1cc(CC(=O)[O-])[nH+]c2c1ccc1ccccc12. The molecule has 1 heterocycles. The van der Waals surface area contributed by atoms with Crippen LogP contribution in [0.4, 0.5) is 5.69 Å². The van der Waals surface area contributed by atoms with Crippen molar-refractivity contribution in [3.05, 3.63) is 48.2 Å². The number of aromatic nitrogens is 1. The molecule has 3 aromatic rings. The number of carbonyl (C=O) groups excluding carboxylic acids is 1. The van der Waals surface area contributed by atoms with Crippen molar-refractivity contribution in [2.75, 3.05) is 19.0 Å². The van der Waals surface area contributed by atoms with E-state index >= 15 is 0 Å². The van der Waals surface area contributed by atoms with E-state index in [1.54, 1.807) is 0 Å². The maximum Gasteiger partial charge on any atom is 0.221 e. The number of carboxylic acids is 1. The number of nitrogens with zero attached hydrogens (tertiary/aromatic N) is 1. The highest BCUT2D eigenvalue weighted by molar-refractivity contribution is 6.07. The van der Waals surface area contributed by atoms with Crippen LogP contribution in [0.25, 0.3) is 21.7 Å². The van der Waals surface area contributed by atoms with Gasteiger partial charge in [0.05, 0.1) is 28.8 Å². The summed E-state index contributed by atoms with van der Waals surface area (Å²) in [5, 5.41) is 14.2. The first-order valence-electron chi connectivity index (χ1n) is 6.80. The fraction of sp³-hybridized carbons (Fsp3) is 0.176. The van der Waals surface area contributed by atoms with Gasteiger partial charge in [0.25, 0.3) is 0 Å². The van der Waals surface area contributed by atoms with Crippen LogP contribution in [-0.4, -0.2) is 20.1 Å². The molecule has 1 aromatic heterocycles. The van der Waals surface area contributed by atoms with Gasteiger partial charge in [0.1, 0.15) is 0 Å². The van der Waals surface area contributed by atoms with Crippen LogP contribution in [0.1, 0.15) is 5.69 Å². The van der Waals surface area contributed by atoms with Crippen LogP contribution in [0, 0.1) is 0 Å². The van der Waals surface area contributed by atoms with E-state index < -0.39 is 5.97 Å². The lowest BCUT2D eigenvalue weighted by Crippen LogP contribution is -2.28. The molecule has 0 aliphatic heterocycles. The molecular formula is C17H16N2O2. The number of pyridine rings is 1. The van der Waals surface area contributed by atoms with E-state index in [0.29, 0.717) is 5.69 Å². The van der Waals surface area contributed by atoms with Gasteiger partial charge in [-0.2, -0.15) is 0 Å². The molecule has 2 aromatic carbocycles. The molecule has 0 fully saturated rings. The number of H-pyrrole nitrogens is 1. The van der Waals surface area contributed by atoms with Crippen LogP contribution in [0.3, 0.4) is 0 Å². The van der Waals surface area contributed by atoms with Crippen LogP contribution in [0.15, 0.2) is 42.5 Å². The van der Waals surface area contributed by atoms with Gasteiger partial charge in [0, 0.05) is 20.2 Å². The number of aliphatic carboxylic acids is 1. The van der Waals surface area contributed by atoms with Gasteiger partial charge in [0.15, 0.2) is 5.69 Å². The lowest BCUT2D eigenvalue weighted by Gasteiger charge is -2.15. The van der Waals surface area contributed by atoms with Gasteiger partial charge in [-0.15, -0.1) is 0 Å². The van der Waals surface area contributed by atoms with Crippen molar-refractivity contribution in [2.45, 2.75) is 6.42 Å². The summed E-state index contributed by atoms with van der Waals surface area (Å²) in [5.41, 5.74) is 2.59. The number of benzene rings is 2. The monoisotopic (exact) mass is 280 g/mol. The number of anilines is 1. The summed E-state index contributed by atoms with van der Waals surface area (Å²) in [6.07, 6.45) is -0.125. The Morgan fingerprint density at radius 3 is 2.62 bits per heavy atom. The summed E-state index contributed by atoms with van der Waals surface area (Å²) in [4.78, 5) is 16.1. The van der Waals surface area contributed by atoms with Crippen LogP contribution >= 0.6 is 0 Å². The zero-order valence-corrected chi connectivity index (χ0v) is 12.0. The van der Waals surface area contributed by atoms with Crippen molar-refractivity contribution in [1.82, 2.24) is 0 Å². The van der Waals surface area contributed by atoms with Crippen molar-refractivity contribution in [2.24, 2.45) is 0 Å². The third kappa shape index (κ3) is 2.40. The number of fused-ring (bicyclic) bond motifs is 3. The molecule has 0 aliphatic carbocycles. The highest BCUT2D eigenvalue weighted by Gasteiger charge is 2.15. The number of hydrogen-bond acceptors (Lipinski definition) is 3. The Kier molecular flexibility index (Phi) is 3.22. The number of carboxylic acid groups (broad SMARTS) is 1. The summed E-state index contributed by atoms with van der Waals surface area (Å²) in [6, 6.07) is 14.1. The number of rotatable bonds is 3. The fourth-order valence-corrected chi connectivity index (χ4v) is 2.68. The normalized spacial score (nSPS) is 11.0. The van der Waals surface area contributed by atoms with E-state index in [1.165, 1.54) is 0 Å². The van der Waals surface area contributed by atoms with Gasteiger partial charge in [-0.05, 0) is 17.5 Å². The first-order valence-corrected chi connectivity index (χ1v) is 6.80. The molecule has 0 radical (unpaired) electrons. The van der Waals surface area contributed by atoms with E-state index in [-0.39, 0.29) is 6.42 Å². The summed E-state index contributed by atoms with van der Waals surface area (Å²) in [5.74, 6) is -1.09. The molecule has 1 N–H and O–H groups in total. The van der Waals surface area contributed by atoms with Crippen molar-refractivity contribution in [1.29, 1.82) is 0 Å². The molecule has 0 saturated carbocycles. The van der Waals surface area contributed by atoms with E-state index in [1.807, 2.05) is 49.3 Å². The van der Waals surface area contributed by atoms with Gasteiger partial charge in [0.2, 0.25) is 5.52 Å². The zero-order valence-electron chi connectivity index (χ0n) is 12.0. The van der Waals surface area contributed by atoms with Crippen molar-refractivity contribution >= 4 is 33.3 Å². The van der Waals surface area contributed by atoms with E-state index in [0.717, 1.165) is 27.4 Å². The second kappa shape index (κ2) is 5.05. The first kappa shape index (κ1) is 13.4. The molecule has 0 spiro atoms. The van der Waals surface area contributed by atoms with Gasteiger partial charge in [-0.25, -0.2) is 4.98 Å². The number of nitrogens with one attached hydrogen (secondary N) is 1. The summed E-state index contributed by atoms with van der Waals surface area (Å²) < 4.78 is 0. The van der Waals surface area contributed by atoms with Crippen molar-refractivity contribution < 1.29 is 14.9 Å². The molecule has 106 valence electrons. The molecule has 0 aliphatic rings. The Bertz CT molecular complexity index is 841. The molecule has 0 atom stereocenters. The summed E-state index contributed by atoms with van der Waals surface area (Å²) >= 11 is 0. The Morgan fingerprint density at radius 2 is 1.90 bits per heavy atom. The summed E-state index contributed by atoms with van der Waals surface area (Å²) in [6.45, 7) is 0. The molecule has 4 heteroatoms. The van der Waals surface area contributed by atoms with E-state index in [2.05, 4.69) is 17.1 Å². The van der Waals surface area contributed by atoms with Gasteiger partial charge >= 0.3 is 0 Å². The minimum Gasteiger partial charge on any atom is -0.550 e. The molecule has 0 bridgehead atoms. The number of hydrogen-bond donors (Lipinski definition) is 0. The third-order valence-corrected chi connectivity index (χ3v) is 3.62. The number of aromatic amines is 1. The quantitative estimate of drug-likeness (QED) is 0.677. The summed E-state index contributed by atoms with van der Waals surface area (Å²) in [7, 11) is 3.90. The van der Waals surface area contributed by atoms with Crippen LogP contribution in [0.2, 0.25) is 0 Å². The average Bonchev–Trinajstić information content (AvgIpc) is 2.45. The second-order valence-electron chi connectivity index (χ2n) is 5.33. The molecule has 3 rings (SSSR count). The minimum atomic E-state index is -1.09. The maximum atomic E-state index is 10.9. The molecule has 0 amide bonds.